The molecular formula is C23H15Cl2NO4. The molecule has 0 unspecified atom stereocenters. The lowest BCUT2D eigenvalue weighted by atomic mass is 10.1. The van der Waals surface area contributed by atoms with E-state index in [1.165, 1.54) is 0 Å². The van der Waals surface area contributed by atoms with Crippen molar-refractivity contribution in [2.24, 2.45) is 0 Å². The molecule has 3 aromatic carbocycles. The fourth-order valence-electron chi connectivity index (χ4n) is 2.94. The van der Waals surface area contributed by atoms with E-state index in [0.717, 1.165) is 0 Å². The SMILES string of the molecule is O=C(COc1ccccc1Cl)Nc1c(C(=O)c2ccc(Cl)cc2)oc2ccccc12. The van der Waals surface area contributed by atoms with Crippen molar-refractivity contribution in [2.75, 3.05) is 11.9 Å². The van der Waals surface area contributed by atoms with Gasteiger partial charge < -0.3 is 14.5 Å². The number of ether oxygens (including phenoxy) is 1. The Kier molecular flexibility index (Phi) is 5.74. The first-order chi connectivity index (χ1) is 14.5. The Hall–Kier alpha value is -3.28. The van der Waals surface area contributed by atoms with Gasteiger partial charge in [-0.2, -0.15) is 0 Å². The van der Waals surface area contributed by atoms with Crippen molar-refractivity contribution < 1.29 is 18.7 Å². The van der Waals surface area contributed by atoms with Gasteiger partial charge in [-0.05, 0) is 48.5 Å². The minimum absolute atomic E-state index is 0.0321. The van der Waals surface area contributed by atoms with Gasteiger partial charge in [0, 0.05) is 16.0 Å². The molecule has 0 saturated heterocycles. The summed E-state index contributed by atoms with van der Waals surface area (Å²) in [6.45, 7) is -0.280. The first-order valence-electron chi connectivity index (χ1n) is 9.02. The molecule has 0 fully saturated rings. The van der Waals surface area contributed by atoms with E-state index in [2.05, 4.69) is 5.32 Å². The molecule has 1 N–H and O–H groups in total. The van der Waals surface area contributed by atoms with E-state index in [4.69, 9.17) is 32.4 Å². The monoisotopic (exact) mass is 439 g/mol. The topological polar surface area (TPSA) is 68.5 Å². The maximum atomic E-state index is 13.0. The summed E-state index contributed by atoms with van der Waals surface area (Å²) >= 11 is 12.0. The van der Waals surface area contributed by atoms with Gasteiger partial charge in [0.1, 0.15) is 11.3 Å². The van der Waals surface area contributed by atoms with Gasteiger partial charge >= 0.3 is 0 Å². The minimum atomic E-state index is -0.452. The van der Waals surface area contributed by atoms with Crippen LogP contribution in [0.25, 0.3) is 11.0 Å². The Morgan fingerprint density at radius 2 is 1.60 bits per heavy atom. The van der Waals surface area contributed by atoms with Gasteiger partial charge in [0.15, 0.2) is 12.4 Å². The number of carbonyl (C=O) groups is 2. The molecule has 0 bridgehead atoms. The quantitative estimate of drug-likeness (QED) is 0.374. The lowest BCUT2D eigenvalue weighted by Crippen LogP contribution is -2.21. The Morgan fingerprint density at radius 3 is 2.37 bits per heavy atom. The number of hydrogen-bond donors (Lipinski definition) is 1. The van der Waals surface area contributed by atoms with Crippen LogP contribution in [0.3, 0.4) is 0 Å². The Labute approximate surface area is 182 Å². The highest BCUT2D eigenvalue weighted by Crippen LogP contribution is 2.33. The van der Waals surface area contributed by atoms with Gasteiger partial charge in [0.2, 0.25) is 5.78 Å². The molecule has 0 spiro atoms. The molecule has 0 aliphatic carbocycles. The molecule has 0 aliphatic heterocycles. The third kappa shape index (κ3) is 4.17. The summed E-state index contributed by atoms with van der Waals surface area (Å²) in [6, 6.07) is 20.4. The first kappa shape index (κ1) is 20.0. The highest BCUT2D eigenvalue weighted by molar-refractivity contribution is 6.32. The fraction of sp³-hybridized carbons (Fsp3) is 0.0435. The molecular weight excluding hydrogens is 425 g/mol. The van der Waals surface area contributed by atoms with Crippen molar-refractivity contribution in [3.05, 3.63) is 94.2 Å². The molecule has 0 atom stereocenters. The number of fused-ring (bicyclic) bond motifs is 1. The van der Waals surface area contributed by atoms with Crippen molar-refractivity contribution in [1.29, 1.82) is 0 Å². The van der Waals surface area contributed by atoms with Crippen LogP contribution >= 0.6 is 23.2 Å². The average Bonchev–Trinajstić information content (AvgIpc) is 3.11. The Balaban J connectivity index is 1.61. The van der Waals surface area contributed by atoms with Crippen LogP contribution in [0.5, 0.6) is 5.75 Å². The number of hydrogen-bond acceptors (Lipinski definition) is 4. The number of anilines is 1. The highest BCUT2D eigenvalue weighted by atomic mass is 35.5. The van der Waals surface area contributed by atoms with E-state index in [1.807, 2.05) is 0 Å². The van der Waals surface area contributed by atoms with E-state index in [1.54, 1.807) is 72.8 Å². The smallest absolute Gasteiger partial charge is 0.262 e. The molecule has 1 aromatic heterocycles. The number of nitrogens with one attached hydrogen (secondary N) is 1. The third-order valence-electron chi connectivity index (χ3n) is 4.37. The van der Waals surface area contributed by atoms with E-state index >= 15 is 0 Å². The second kappa shape index (κ2) is 8.61. The molecule has 150 valence electrons. The summed E-state index contributed by atoms with van der Waals surface area (Å²) in [5.41, 5.74) is 1.16. The number of ketones is 1. The molecule has 30 heavy (non-hydrogen) atoms. The molecule has 1 heterocycles. The minimum Gasteiger partial charge on any atom is -0.482 e. The van der Waals surface area contributed by atoms with Gasteiger partial charge in [-0.3, -0.25) is 9.59 Å². The van der Waals surface area contributed by atoms with Crippen LogP contribution in [0, 0.1) is 0 Å². The van der Waals surface area contributed by atoms with E-state index in [-0.39, 0.29) is 18.2 Å². The maximum Gasteiger partial charge on any atom is 0.262 e. The number of amides is 1. The van der Waals surface area contributed by atoms with Crippen molar-refractivity contribution in [3.63, 3.8) is 0 Å². The zero-order valence-electron chi connectivity index (χ0n) is 15.5. The van der Waals surface area contributed by atoms with Crippen molar-refractivity contribution >= 4 is 51.5 Å². The summed E-state index contributed by atoms with van der Waals surface area (Å²) in [7, 11) is 0. The molecule has 5 nitrogen and oxygen atoms in total. The Morgan fingerprint density at radius 1 is 0.900 bits per heavy atom. The first-order valence-corrected chi connectivity index (χ1v) is 9.77. The van der Waals surface area contributed by atoms with Gasteiger partial charge in [-0.25, -0.2) is 0 Å². The third-order valence-corrected chi connectivity index (χ3v) is 4.93. The predicted octanol–water partition coefficient (Wildman–Crippen LogP) is 5.99. The molecule has 1 amide bonds. The number of benzene rings is 3. The highest BCUT2D eigenvalue weighted by Gasteiger charge is 2.23. The van der Waals surface area contributed by atoms with E-state index in [9.17, 15) is 9.59 Å². The van der Waals surface area contributed by atoms with Crippen LogP contribution in [-0.4, -0.2) is 18.3 Å². The number of carbonyl (C=O) groups excluding carboxylic acids is 2. The van der Waals surface area contributed by atoms with Crippen molar-refractivity contribution in [1.82, 2.24) is 0 Å². The van der Waals surface area contributed by atoms with E-state index < -0.39 is 5.91 Å². The molecule has 7 heteroatoms. The molecule has 0 radical (unpaired) electrons. The zero-order valence-corrected chi connectivity index (χ0v) is 17.0. The lowest BCUT2D eigenvalue weighted by molar-refractivity contribution is -0.118. The normalized spacial score (nSPS) is 10.7. The average molecular weight is 440 g/mol. The Bertz CT molecular complexity index is 1230. The second-order valence-electron chi connectivity index (χ2n) is 6.41. The number of furan rings is 1. The standard InChI is InChI=1S/C23H15Cl2NO4/c24-15-11-9-14(10-12-15)22(28)23-21(16-5-1-3-7-18(16)30-23)26-20(27)13-29-19-8-4-2-6-17(19)25/h1-12H,13H2,(H,26,27). The van der Waals surface area contributed by atoms with Crippen LogP contribution in [0.15, 0.2) is 77.2 Å². The van der Waals surface area contributed by atoms with Gasteiger partial charge in [0.25, 0.3) is 5.91 Å². The van der Waals surface area contributed by atoms with Crippen molar-refractivity contribution in [2.45, 2.75) is 0 Å². The summed E-state index contributed by atoms with van der Waals surface area (Å²) in [4.78, 5) is 25.6. The number of para-hydroxylation sites is 2. The van der Waals surface area contributed by atoms with Crippen LogP contribution in [-0.2, 0) is 4.79 Å². The fourth-order valence-corrected chi connectivity index (χ4v) is 3.26. The molecule has 0 saturated carbocycles. The summed E-state index contributed by atoms with van der Waals surface area (Å²) in [6.07, 6.45) is 0. The maximum absolute atomic E-state index is 13.0. The van der Waals surface area contributed by atoms with Crippen LogP contribution in [0.1, 0.15) is 16.1 Å². The number of halogens is 2. The molecule has 4 aromatic rings. The van der Waals surface area contributed by atoms with Crippen LogP contribution < -0.4 is 10.1 Å². The second-order valence-corrected chi connectivity index (χ2v) is 7.25. The number of rotatable bonds is 6. The summed E-state index contributed by atoms with van der Waals surface area (Å²) in [5.74, 6) is -0.398. The largest absolute Gasteiger partial charge is 0.482 e. The van der Waals surface area contributed by atoms with Crippen LogP contribution in [0.2, 0.25) is 10.0 Å². The van der Waals surface area contributed by atoms with Gasteiger partial charge in [-0.1, -0.05) is 47.5 Å². The zero-order chi connectivity index (χ0) is 21.1. The summed E-state index contributed by atoms with van der Waals surface area (Å²) in [5, 5.41) is 4.27. The van der Waals surface area contributed by atoms with E-state index in [0.29, 0.717) is 38.0 Å². The lowest BCUT2D eigenvalue weighted by Gasteiger charge is -2.09. The molecule has 4 rings (SSSR count). The van der Waals surface area contributed by atoms with Gasteiger partial charge in [-0.15, -0.1) is 0 Å². The van der Waals surface area contributed by atoms with Crippen LogP contribution in [0.4, 0.5) is 5.69 Å². The van der Waals surface area contributed by atoms with Gasteiger partial charge in [0.05, 0.1) is 10.7 Å². The predicted molar refractivity (Wildman–Crippen MR) is 117 cm³/mol. The molecule has 0 aliphatic rings. The van der Waals surface area contributed by atoms with Crippen molar-refractivity contribution in [3.8, 4) is 5.75 Å². The summed E-state index contributed by atoms with van der Waals surface area (Å²) < 4.78 is 11.3.